The van der Waals surface area contributed by atoms with E-state index in [4.69, 9.17) is 0 Å². The Morgan fingerprint density at radius 1 is 1.35 bits per heavy atom. The first-order valence-corrected chi connectivity index (χ1v) is 7.14. The first kappa shape index (κ1) is 14.5. The van der Waals surface area contributed by atoms with Crippen LogP contribution in [0.25, 0.3) is 0 Å². The van der Waals surface area contributed by atoms with Gasteiger partial charge in [0.15, 0.2) is 0 Å². The minimum Gasteiger partial charge on any atom is -0.343 e. The number of hydrogen-bond acceptors (Lipinski definition) is 2. The predicted molar refractivity (Wildman–Crippen MR) is 72.0 cm³/mol. The second-order valence-electron chi connectivity index (χ2n) is 5.54. The van der Waals surface area contributed by atoms with Crippen molar-refractivity contribution in [2.24, 2.45) is 5.92 Å². The van der Waals surface area contributed by atoms with Gasteiger partial charge in [-0.15, -0.1) is 0 Å². The predicted octanol–water partition coefficient (Wildman–Crippen LogP) is 2.41. The topological polar surface area (TPSA) is 32.3 Å². The van der Waals surface area contributed by atoms with E-state index in [0.717, 1.165) is 45.3 Å². The van der Waals surface area contributed by atoms with Gasteiger partial charge in [0, 0.05) is 25.6 Å². The van der Waals surface area contributed by atoms with E-state index >= 15 is 0 Å². The zero-order chi connectivity index (χ0) is 12.7. The van der Waals surface area contributed by atoms with Gasteiger partial charge in [0.2, 0.25) is 5.91 Å². The maximum Gasteiger partial charge on any atom is 0.222 e. The molecule has 1 aliphatic rings. The Kier molecular flexibility index (Phi) is 6.56. The molecule has 0 aliphatic carbocycles. The van der Waals surface area contributed by atoms with Gasteiger partial charge in [0.25, 0.3) is 0 Å². The van der Waals surface area contributed by atoms with E-state index in [-0.39, 0.29) is 0 Å². The molecule has 1 rings (SSSR count). The molecule has 0 aromatic rings. The highest BCUT2D eigenvalue weighted by atomic mass is 16.2. The third-order valence-electron chi connectivity index (χ3n) is 3.47. The lowest BCUT2D eigenvalue weighted by atomic mass is 10.0. The summed E-state index contributed by atoms with van der Waals surface area (Å²) in [5.41, 5.74) is 0. The van der Waals surface area contributed by atoms with Crippen molar-refractivity contribution in [1.82, 2.24) is 10.2 Å². The lowest BCUT2D eigenvalue weighted by Crippen LogP contribution is -2.45. The average molecular weight is 240 g/mol. The molecule has 0 unspecified atom stereocenters. The number of rotatable bonds is 6. The van der Waals surface area contributed by atoms with Crippen molar-refractivity contribution in [3.8, 4) is 0 Å². The second kappa shape index (κ2) is 7.70. The lowest BCUT2D eigenvalue weighted by Gasteiger charge is -2.32. The first-order valence-electron chi connectivity index (χ1n) is 7.14. The van der Waals surface area contributed by atoms with Gasteiger partial charge in [-0.3, -0.25) is 4.79 Å². The number of nitrogens with one attached hydrogen (secondary N) is 1. The summed E-state index contributed by atoms with van der Waals surface area (Å²) in [5.74, 6) is 0.982. The zero-order valence-electron chi connectivity index (χ0n) is 11.7. The Bertz CT molecular complexity index is 220. The maximum atomic E-state index is 11.9. The fraction of sp³-hybridized carbons (Fsp3) is 0.929. The number of likely N-dealkylation sites (tertiary alicyclic amines) is 1. The van der Waals surface area contributed by atoms with E-state index in [0.29, 0.717) is 17.9 Å². The van der Waals surface area contributed by atoms with Crippen LogP contribution in [0.2, 0.25) is 0 Å². The highest BCUT2D eigenvalue weighted by Crippen LogP contribution is 2.13. The monoisotopic (exact) mass is 240 g/mol. The molecule has 0 aromatic carbocycles. The highest BCUT2D eigenvalue weighted by molar-refractivity contribution is 5.76. The summed E-state index contributed by atoms with van der Waals surface area (Å²) in [5, 5.41) is 3.54. The molecule has 3 nitrogen and oxygen atoms in total. The average Bonchev–Trinajstić information content (AvgIpc) is 2.34. The van der Waals surface area contributed by atoms with Crippen LogP contribution >= 0.6 is 0 Å². The Labute approximate surface area is 106 Å². The van der Waals surface area contributed by atoms with Crippen LogP contribution in [0.15, 0.2) is 0 Å². The number of amides is 1. The molecule has 100 valence electrons. The molecule has 0 saturated carbocycles. The Balaban J connectivity index is 2.19. The largest absolute Gasteiger partial charge is 0.343 e. The molecule has 1 aliphatic heterocycles. The molecule has 0 radical (unpaired) electrons. The van der Waals surface area contributed by atoms with E-state index in [1.54, 1.807) is 0 Å². The van der Waals surface area contributed by atoms with Crippen molar-refractivity contribution >= 4 is 5.91 Å². The first-order chi connectivity index (χ1) is 8.13. The molecule has 0 atom stereocenters. The fourth-order valence-electron chi connectivity index (χ4n) is 2.25. The second-order valence-corrected chi connectivity index (χ2v) is 5.54. The summed E-state index contributed by atoms with van der Waals surface area (Å²) < 4.78 is 0. The van der Waals surface area contributed by atoms with Crippen LogP contribution in [-0.2, 0) is 4.79 Å². The molecule has 17 heavy (non-hydrogen) atoms. The van der Waals surface area contributed by atoms with Crippen molar-refractivity contribution in [1.29, 1.82) is 0 Å². The van der Waals surface area contributed by atoms with Crippen LogP contribution in [0.1, 0.15) is 52.9 Å². The molecule has 1 saturated heterocycles. The van der Waals surface area contributed by atoms with Crippen molar-refractivity contribution in [2.75, 3.05) is 19.6 Å². The number of carbonyl (C=O) groups excluding carboxylic acids is 1. The molecular formula is C14H28N2O. The number of carbonyl (C=O) groups is 1. The smallest absolute Gasteiger partial charge is 0.222 e. The summed E-state index contributed by atoms with van der Waals surface area (Å²) >= 11 is 0. The summed E-state index contributed by atoms with van der Waals surface area (Å²) in [4.78, 5) is 14.0. The Hall–Kier alpha value is -0.570. The third-order valence-corrected chi connectivity index (χ3v) is 3.47. The van der Waals surface area contributed by atoms with Gasteiger partial charge < -0.3 is 10.2 Å². The minimum atomic E-state index is 0.354. The molecule has 1 N–H and O–H groups in total. The quantitative estimate of drug-likeness (QED) is 0.773. The zero-order valence-corrected chi connectivity index (χ0v) is 11.7. The van der Waals surface area contributed by atoms with Crippen LogP contribution in [0.5, 0.6) is 0 Å². The summed E-state index contributed by atoms with van der Waals surface area (Å²) in [7, 11) is 0. The van der Waals surface area contributed by atoms with E-state index in [1.165, 1.54) is 6.42 Å². The van der Waals surface area contributed by atoms with Crippen LogP contribution in [0.4, 0.5) is 0 Å². The molecule has 3 heteroatoms. The normalized spacial score (nSPS) is 17.8. The number of hydrogen-bond donors (Lipinski definition) is 1. The van der Waals surface area contributed by atoms with E-state index in [2.05, 4.69) is 26.1 Å². The van der Waals surface area contributed by atoms with E-state index < -0.39 is 0 Å². The summed E-state index contributed by atoms with van der Waals surface area (Å²) in [6, 6.07) is 0.629. The van der Waals surface area contributed by atoms with Gasteiger partial charge in [-0.25, -0.2) is 0 Å². The Morgan fingerprint density at radius 3 is 2.53 bits per heavy atom. The molecule has 0 spiro atoms. The van der Waals surface area contributed by atoms with E-state index in [9.17, 15) is 4.79 Å². The van der Waals surface area contributed by atoms with Crippen LogP contribution in [0, 0.1) is 5.92 Å². The van der Waals surface area contributed by atoms with Gasteiger partial charge in [-0.2, -0.15) is 0 Å². The van der Waals surface area contributed by atoms with Gasteiger partial charge in [-0.1, -0.05) is 20.8 Å². The molecule has 1 fully saturated rings. The van der Waals surface area contributed by atoms with Crippen LogP contribution < -0.4 is 5.32 Å². The fourth-order valence-corrected chi connectivity index (χ4v) is 2.25. The van der Waals surface area contributed by atoms with Gasteiger partial charge in [-0.05, 0) is 38.1 Å². The molecule has 0 bridgehead atoms. The number of piperidine rings is 1. The molecule has 0 aromatic heterocycles. The third kappa shape index (κ3) is 5.53. The molecular weight excluding hydrogens is 212 g/mol. The lowest BCUT2D eigenvalue weighted by molar-refractivity contribution is -0.132. The van der Waals surface area contributed by atoms with Gasteiger partial charge >= 0.3 is 0 Å². The van der Waals surface area contributed by atoms with Crippen molar-refractivity contribution in [2.45, 2.75) is 58.9 Å². The summed E-state index contributed by atoms with van der Waals surface area (Å²) in [6.45, 7) is 9.53. The Morgan fingerprint density at radius 2 is 2.00 bits per heavy atom. The molecule has 1 heterocycles. The minimum absolute atomic E-state index is 0.354. The van der Waals surface area contributed by atoms with Crippen molar-refractivity contribution < 1.29 is 4.79 Å². The summed E-state index contributed by atoms with van der Waals surface area (Å²) in [6.07, 6.45) is 5.17. The van der Waals surface area contributed by atoms with Crippen molar-refractivity contribution in [3.05, 3.63) is 0 Å². The van der Waals surface area contributed by atoms with Crippen molar-refractivity contribution in [3.63, 3.8) is 0 Å². The van der Waals surface area contributed by atoms with E-state index in [1.807, 2.05) is 4.90 Å². The van der Waals surface area contributed by atoms with Crippen LogP contribution in [-0.4, -0.2) is 36.5 Å². The van der Waals surface area contributed by atoms with Gasteiger partial charge in [0.1, 0.15) is 0 Å². The number of nitrogens with zero attached hydrogens (tertiary/aromatic N) is 1. The maximum absolute atomic E-state index is 11.9. The standard InChI is InChI=1S/C14H28N2O/c1-4-9-15-13-7-10-16(11-8-13)14(17)6-5-12(2)3/h12-13,15H,4-11H2,1-3H3. The van der Waals surface area contributed by atoms with Gasteiger partial charge in [0.05, 0.1) is 0 Å². The highest BCUT2D eigenvalue weighted by Gasteiger charge is 2.21. The molecule has 1 amide bonds. The SMILES string of the molecule is CCCNC1CCN(C(=O)CCC(C)C)CC1. The van der Waals surface area contributed by atoms with Crippen LogP contribution in [0.3, 0.4) is 0 Å².